The Morgan fingerprint density at radius 3 is 2.23 bits per heavy atom. The lowest BCUT2D eigenvalue weighted by atomic mass is 10.1. The van der Waals surface area contributed by atoms with Gasteiger partial charge in [0.25, 0.3) is 0 Å². The van der Waals surface area contributed by atoms with Crippen LogP contribution in [0, 0.1) is 5.92 Å². The van der Waals surface area contributed by atoms with Crippen LogP contribution in [0.15, 0.2) is 29.2 Å². The van der Waals surface area contributed by atoms with E-state index in [0.29, 0.717) is 18.0 Å². The summed E-state index contributed by atoms with van der Waals surface area (Å²) in [5, 5.41) is 2.96. The maximum Gasteiger partial charge on any atom is 0.243 e. The van der Waals surface area contributed by atoms with E-state index in [0.717, 1.165) is 18.4 Å². The smallest absolute Gasteiger partial charge is 0.243 e. The number of benzene rings is 1. The molecule has 1 aromatic rings. The molecule has 1 aliphatic carbocycles. The fourth-order valence-electron chi connectivity index (χ4n) is 2.40. The van der Waals surface area contributed by atoms with Gasteiger partial charge in [0.15, 0.2) is 0 Å². The van der Waals surface area contributed by atoms with Gasteiger partial charge in [-0.2, -0.15) is 4.31 Å². The zero-order valence-electron chi connectivity index (χ0n) is 13.4. The number of nitrogens with zero attached hydrogens (tertiary/aromatic N) is 1. The molecule has 1 saturated carbocycles. The van der Waals surface area contributed by atoms with Gasteiger partial charge in [-0.1, -0.05) is 26.0 Å². The van der Waals surface area contributed by atoms with Crippen molar-refractivity contribution in [3.63, 3.8) is 0 Å². The fraction of sp³-hybridized carbons (Fsp3) is 0.562. The third kappa shape index (κ3) is 3.67. The van der Waals surface area contributed by atoms with Gasteiger partial charge in [0.1, 0.15) is 0 Å². The summed E-state index contributed by atoms with van der Waals surface area (Å²) in [6.45, 7) is 6.47. The van der Waals surface area contributed by atoms with Crippen LogP contribution in [0.4, 0.5) is 0 Å². The first-order valence-corrected chi connectivity index (χ1v) is 9.24. The highest BCUT2D eigenvalue weighted by Gasteiger charge is 2.30. The van der Waals surface area contributed by atoms with Crippen LogP contribution >= 0.6 is 0 Å². The highest BCUT2D eigenvalue weighted by Crippen LogP contribution is 2.30. The largest absolute Gasteiger partial charge is 0.349 e. The molecule has 2 rings (SSSR count). The average Bonchev–Trinajstić information content (AvgIpc) is 3.33. The molecule has 1 atom stereocenters. The van der Waals surface area contributed by atoms with E-state index in [1.807, 2.05) is 20.8 Å². The molecule has 1 amide bonds. The van der Waals surface area contributed by atoms with Crippen molar-refractivity contribution < 1.29 is 13.2 Å². The number of rotatable bonds is 7. The van der Waals surface area contributed by atoms with Gasteiger partial charge in [-0.15, -0.1) is 0 Å². The summed E-state index contributed by atoms with van der Waals surface area (Å²) in [6, 6.07) is 6.66. The zero-order valence-corrected chi connectivity index (χ0v) is 14.2. The lowest BCUT2D eigenvalue weighted by Gasteiger charge is -2.19. The van der Waals surface area contributed by atoms with Gasteiger partial charge >= 0.3 is 0 Å². The van der Waals surface area contributed by atoms with Crippen molar-refractivity contribution in [3.05, 3.63) is 29.8 Å². The van der Waals surface area contributed by atoms with E-state index in [1.54, 1.807) is 24.3 Å². The molecule has 122 valence electrons. The minimum absolute atomic E-state index is 0.0901. The third-order valence-corrected chi connectivity index (χ3v) is 6.09. The minimum Gasteiger partial charge on any atom is -0.349 e. The van der Waals surface area contributed by atoms with Gasteiger partial charge in [-0.25, -0.2) is 8.42 Å². The van der Waals surface area contributed by atoms with E-state index in [4.69, 9.17) is 0 Å². The van der Waals surface area contributed by atoms with Gasteiger partial charge in [0, 0.05) is 19.0 Å². The highest BCUT2D eigenvalue weighted by molar-refractivity contribution is 7.89. The quantitative estimate of drug-likeness (QED) is 0.837. The molecule has 0 spiro atoms. The van der Waals surface area contributed by atoms with Gasteiger partial charge in [-0.3, -0.25) is 4.79 Å². The first kappa shape index (κ1) is 17.0. The highest BCUT2D eigenvalue weighted by atomic mass is 32.2. The van der Waals surface area contributed by atoms with Crippen molar-refractivity contribution >= 4 is 15.9 Å². The summed E-state index contributed by atoms with van der Waals surface area (Å²) in [6.07, 6.45) is 1.94. The first-order valence-electron chi connectivity index (χ1n) is 7.80. The standard InChI is InChI=1S/C16H24N2O3S/c1-4-18(5-2)22(20,21)15-10-8-13(9-11-15)12(3)17-16(19)14-6-7-14/h8-12,14H,4-7H2,1-3H3,(H,17,19)/t12-/m0/s1. The van der Waals surface area contributed by atoms with Crippen LogP contribution in [0.5, 0.6) is 0 Å². The van der Waals surface area contributed by atoms with Crippen LogP contribution in [0.2, 0.25) is 0 Å². The number of carbonyl (C=O) groups excluding carboxylic acids is 1. The monoisotopic (exact) mass is 324 g/mol. The maximum absolute atomic E-state index is 12.4. The van der Waals surface area contributed by atoms with Crippen molar-refractivity contribution in [1.82, 2.24) is 9.62 Å². The van der Waals surface area contributed by atoms with Gasteiger partial charge in [0.2, 0.25) is 15.9 Å². The number of nitrogens with one attached hydrogen (secondary N) is 1. The molecule has 22 heavy (non-hydrogen) atoms. The van der Waals surface area contributed by atoms with Crippen molar-refractivity contribution in [2.75, 3.05) is 13.1 Å². The van der Waals surface area contributed by atoms with Gasteiger partial charge < -0.3 is 5.32 Å². The molecule has 1 aliphatic rings. The molecule has 0 aliphatic heterocycles. The van der Waals surface area contributed by atoms with Crippen molar-refractivity contribution in [2.45, 2.75) is 44.6 Å². The zero-order chi connectivity index (χ0) is 16.3. The van der Waals surface area contributed by atoms with E-state index in [9.17, 15) is 13.2 Å². The normalized spacial score (nSPS) is 16.5. The first-order chi connectivity index (χ1) is 10.4. The molecule has 0 aromatic heterocycles. The Bertz CT molecular complexity index is 617. The number of carbonyl (C=O) groups is 1. The predicted molar refractivity (Wildman–Crippen MR) is 85.8 cm³/mol. The minimum atomic E-state index is -3.42. The maximum atomic E-state index is 12.4. The Morgan fingerprint density at radius 2 is 1.77 bits per heavy atom. The molecule has 1 N–H and O–H groups in total. The Kier molecular flexibility index (Phi) is 5.24. The number of hydrogen-bond acceptors (Lipinski definition) is 3. The van der Waals surface area contributed by atoms with Crippen LogP contribution < -0.4 is 5.32 Å². The second-order valence-electron chi connectivity index (χ2n) is 5.66. The Hall–Kier alpha value is -1.40. The van der Waals surface area contributed by atoms with Crippen molar-refractivity contribution in [1.29, 1.82) is 0 Å². The lowest BCUT2D eigenvalue weighted by molar-refractivity contribution is -0.122. The molecule has 0 bridgehead atoms. The van der Waals surface area contributed by atoms with Crippen LogP contribution in [0.1, 0.15) is 45.2 Å². The third-order valence-electron chi connectivity index (χ3n) is 4.03. The topological polar surface area (TPSA) is 66.5 Å². The SMILES string of the molecule is CCN(CC)S(=O)(=O)c1ccc([C@H](C)NC(=O)C2CC2)cc1. The van der Waals surface area contributed by atoms with E-state index in [2.05, 4.69) is 5.32 Å². The molecule has 0 saturated heterocycles. The molecule has 0 heterocycles. The fourth-order valence-corrected chi connectivity index (χ4v) is 3.86. The Labute approximate surface area is 132 Å². The molecule has 0 radical (unpaired) electrons. The van der Waals surface area contributed by atoms with E-state index in [1.165, 1.54) is 4.31 Å². The summed E-state index contributed by atoms with van der Waals surface area (Å²) in [4.78, 5) is 12.1. The lowest BCUT2D eigenvalue weighted by Crippen LogP contribution is -2.30. The average molecular weight is 324 g/mol. The molecular formula is C16H24N2O3S. The summed E-state index contributed by atoms with van der Waals surface area (Å²) in [7, 11) is -3.42. The summed E-state index contributed by atoms with van der Waals surface area (Å²) in [5.41, 5.74) is 0.910. The Balaban J connectivity index is 2.10. The van der Waals surface area contributed by atoms with Crippen molar-refractivity contribution in [3.8, 4) is 0 Å². The summed E-state index contributed by atoms with van der Waals surface area (Å²) >= 11 is 0. The molecule has 5 nitrogen and oxygen atoms in total. The van der Waals surface area contributed by atoms with Crippen LogP contribution in [0.3, 0.4) is 0 Å². The second-order valence-corrected chi connectivity index (χ2v) is 7.60. The van der Waals surface area contributed by atoms with Crippen LogP contribution in [0.25, 0.3) is 0 Å². The molecule has 6 heteroatoms. The summed E-state index contributed by atoms with van der Waals surface area (Å²) in [5.74, 6) is 0.261. The number of sulfonamides is 1. The van der Waals surface area contributed by atoms with Crippen LogP contribution in [-0.2, 0) is 14.8 Å². The predicted octanol–water partition coefficient (Wildman–Crippen LogP) is 2.30. The van der Waals surface area contributed by atoms with Gasteiger partial charge in [-0.05, 0) is 37.5 Å². The van der Waals surface area contributed by atoms with E-state index < -0.39 is 10.0 Å². The molecule has 0 unspecified atom stereocenters. The van der Waals surface area contributed by atoms with Crippen molar-refractivity contribution in [2.24, 2.45) is 5.92 Å². The molecule has 1 aromatic carbocycles. The number of hydrogen-bond donors (Lipinski definition) is 1. The molecule has 1 fully saturated rings. The second kappa shape index (κ2) is 6.79. The van der Waals surface area contributed by atoms with Crippen LogP contribution in [-0.4, -0.2) is 31.7 Å². The number of amides is 1. The molecular weight excluding hydrogens is 300 g/mol. The summed E-state index contributed by atoms with van der Waals surface area (Å²) < 4.78 is 26.2. The Morgan fingerprint density at radius 1 is 1.23 bits per heavy atom. The van der Waals surface area contributed by atoms with E-state index >= 15 is 0 Å². The van der Waals surface area contributed by atoms with E-state index in [-0.39, 0.29) is 17.9 Å². The van der Waals surface area contributed by atoms with Gasteiger partial charge in [0.05, 0.1) is 10.9 Å².